The van der Waals surface area contributed by atoms with Gasteiger partial charge in [0.15, 0.2) is 0 Å². The maximum atomic E-state index is 6.07. The number of nitrogens with zero attached hydrogens (tertiary/aromatic N) is 1. The molecule has 2 aromatic rings. The van der Waals surface area contributed by atoms with Gasteiger partial charge in [0.25, 0.3) is 0 Å². The summed E-state index contributed by atoms with van der Waals surface area (Å²) in [5, 5.41) is 0. The van der Waals surface area contributed by atoms with Crippen molar-refractivity contribution in [2.75, 3.05) is 13.1 Å². The maximum Gasteiger partial charge on any atom is 0.0474 e. The van der Waals surface area contributed by atoms with Gasteiger partial charge in [-0.05, 0) is 42.3 Å². The van der Waals surface area contributed by atoms with Crippen molar-refractivity contribution in [2.45, 2.75) is 26.4 Å². The van der Waals surface area contributed by atoms with E-state index in [0.717, 1.165) is 17.6 Å². The van der Waals surface area contributed by atoms with Crippen molar-refractivity contribution in [1.82, 2.24) is 4.90 Å². The summed E-state index contributed by atoms with van der Waals surface area (Å²) < 4.78 is 1.10. The molecule has 0 bridgehead atoms. The Morgan fingerprint density at radius 3 is 2.52 bits per heavy atom. The van der Waals surface area contributed by atoms with Gasteiger partial charge in [0.2, 0.25) is 0 Å². The van der Waals surface area contributed by atoms with Gasteiger partial charge in [-0.25, -0.2) is 0 Å². The van der Waals surface area contributed by atoms with Crippen LogP contribution in [0.5, 0.6) is 0 Å². The van der Waals surface area contributed by atoms with Crippen molar-refractivity contribution in [1.29, 1.82) is 0 Å². The summed E-state index contributed by atoms with van der Waals surface area (Å²) in [6, 6.07) is 17.2. The van der Waals surface area contributed by atoms with Crippen molar-refractivity contribution < 1.29 is 0 Å². The monoisotopic (exact) mass is 346 g/mol. The summed E-state index contributed by atoms with van der Waals surface area (Å²) in [5.74, 6) is 0. The van der Waals surface area contributed by atoms with Crippen LogP contribution in [-0.2, 0) is 6.54 Å². The van der Waals surface area contributed by atoms with Crippen LogP contribution >= 0.6 is 15.9 Å². The standard InChI is InChI=1S/C18H23BrN2/c1-3-21(13-16-8-5-4-7-14(16)2)18(12-20)15-9-6-10-17(19)11-15/h4-11,18H,3,12-13,20H2,1-2H3. The molecule has 2 rings (SSSR count). The van der Waals surface area contributed by atoms with Crippen LogP contribution in [0.1, 0.15) is 29.7 Å². The van der Waals surface area contributed by atoms with E-state index in [4.69, 9.17) is 5.73 Å². The van der Waals surface area contributed by atoms with Crippen molar-refractivity contribution >= 4 is 15.9 Å². The van der Waals surface area contributed by atoms with Crippen LogP contribution in [-0.4, -0.2) is 18.0 Å². The molecular weight excluding hydrogens is 324 g/mol. The lowest BCUT2D eigenvalue weighted by Crippen LogP contribution is -2.33. The first kappa shape index (κ1) is 16.2. The topological polar surface area (TPSA) is 29.3 Å². The molecule has 0 aliphatic carbocycles. The molecule has 0 saturated heterocycles. The predicted molar refractivity (Wildman–Crippen MR) is 93.2 cm³/mol. The molecule has 2 aromatic carbocycles. The fourth-order valence-corrected chi connectivity index (χ4v) is 3.08. The molecule has 0 saturated carbocycles. The first-order valence-electron chi connectivity index (χ1n) is 7.39. The third-order valence-electron chi connectivity index (χ3n) is 3.94. The van der Waals surface area contributed by atoms with Crippen LogP contribution in [0.2, 0.25) is 0 Å². The number of aryl methyl sites for hydroxylation is 1. The van der Waals surface area contributed by atoms with Crippen LogP contribution in [0.3, 0.4) is 0 Å². The van der Waals surface area contributed by atoms with Crippen molar-refractivity contribution in [3.63, 3.8) is 0 Å². The number of hydrogen-bond acceptors (Lipinski definition) is 2. The van der Waals surface area contributed by atoms with Crippen molar-refractivity contribution in [2.24, 2.45) is 5.73 Å². The molecule has 0 heterocycles. The summed E-state index contributed by atoms with van der Waals surface area (Å²) in [6.45, 7) is 6.88. The van der Waals surface area contributed by atoms with Gasteiger partial charge in [0, 0.05) is 23.6 Å². The average molecular weight is 347 g/mol. The zero-order valence-corrected chi connectivity index (χ0v) is 14.3. The molecule has 1 unspecified atom stereocenters. The van der Waals surface area contributed by atoms with Crippen molar-refractivity contribution in [3.8, 4) is 0 Å². The third kappa shape index (κ3) is 4.16. The second-order valence-electron chi connectivity index (χ2n) is 5.30. The average Bonchev–Trinajstić information content (AvgIpc) is 2.49. The molecular formula is C18H23BrN2. The Bertz CT molecular complexity index is 583. The van der Waals surface area contributed by atoms with Crippen LogP contribution < -0.4 is 5.73 Å². The first-order chi connectivity index (χ1) is 10.2. The number of nitrogens with two attached hydrogens (primary N) is 1. The Morgan fingerprint density at radius 2 is 1.90 bits per heavy atom. The minimum atomic E-state index is 0.243. The fourth-order valence-electron chi connectivity index (χ4n) is 2.66. The van der Waals surface area contributed by atoms with Gasteiger partial charge in [-0.3, -0.25) is 4.90 Å². The minimum absolute atomic E-state index is 0.243. The van der Waals surface area contributed by atoms with E-state index < -0.39 is 0 Å². The second kappa shape index (κ2) is 7.74. The lowest BCUT2D eigenvalue weighted by atomic mass is 10.0. The highest BCUT2D eigenvalue weighted by Gasteiger charge is 2.18. The first-order valence-corrected chi connectivity index (χ1v) is 8.19. The molecule has 112 valence electrons. The van der Waals surface area contributed by atoms with Gasteiger partial charge in [0.1, 0.15) is 0 Å². The largest absolute Gasteiger partial charge is 0.329 e. The summed E-state index contributed by atoms with van der Waals surface area (Å²) >= 11 is 3.55. The third-order valence-corrected chi connectivity index (χ3v) is 4.43. The maximum absolute atomic E-state index is 6.07. The molecule has 0 aliphatic rings. The SMILES string of the molecule is CCN(Cc1ccccc1C)C(CN)c1cccc(Br)c1. The molecule has 0 aromatic heterocycles. The molecule has 1 atom stereocenters. The fraction of sp³-hybridized carbons (Fsp3) is 0.333. The number of benzene rings is 2. The zero-order chi connectivity index (χ0) is 15.2. The van der Waals surface area contributed by atoms with Gasteiger partial charge in [-0.15, -0.1) is 0 Å². The van der Waals surface area contributed by atoms with Crippen LogP contribution in [0.15, 0.2) is 53.0 Å². The van der Waals surface area contributed by atoms with Gasteiger partial charge in [0.05, 0.1) is 0 Å². The van der Waals surface area contributed by atoms with E-state index in [9.17, 15) is 0 Å². The minimum Gasteiger partial charge on any atom is -0.329 e. The van der Waals surface area contributed by atoms with E-state index >= 15 is 0 Å². The number of rotatable bonds is 6. The van der Waals surface area contributed by atoms with E-state index in [2.05, 4.69) is 83.2 Å². The molecule has 0 aliphatic heterocycles. The Balaban J connectivity index is 2.24. The number of halogens is 1. The Hall–Kier alpha value is -1.16. The lowest BCUT2D eigenvalue weighted by molar-refractivity contribution is 0.203. The Labute approximate surface area is 136 Å². The number of hydrogen-bond donors (Lipinski definition) is 1. The van der Waals surface area contributed by atoms with Gasteiger partial charge >= 0.3 is 0 Å². The predicted octanol–water partition coefficient (Wildman–Crippen LogP) is 4.28. The molecule has 0 spiro atoms. The van der Waals surface area contributed by atoms with Crippen LogP contribution in [0.25, 0.3) is 0 Å². The highest BCUT2D eigenvalue weighted by Crippen LogP contribution is 2.25. The zero-order valence-electron chi connectivity index (χ0n) is 12.7. The Kier molecular flexibility index (Phi) is 5.97. The van der Waals surface area contributed by atoms with E-state index in [1.54, 1.807) is 0 Å². The van der Waals surface area contributed by atoms with E-state index in [1.807, 2.05) is 0 Å². The quantitative estimate of drug-likeness (QED) is 0.845. The normalized spacial score (nSPS) is 12.6. The summed E-state index contributed by atoms with van der Waals surface area (Å²) in [7, 11) is 0. The van der Waals surface area contributed by atoms with E-state index in [0.29, 0.717) is 6.54 Å². The second-order valence-corrected chi connectivity index (χ2v) is 6.21. The molecule has 0 fully saturated rings. The van der Waals surface area contributed by atoms with Crippen molar-refractivity contribution in [3.05, 3.63) is 69.7 Å². The number of likely N-dealkylation sites (N-methyl/N-ethyl adjacent to an activating group) is 1. The van der Waals surface area contributed by atoms with Gasteiger partial charge in [-0.1, -0.05) is 59.3 Å². The lowest BCUT2D eigenvalue weighted by Gasteiger charge is -2.31. The summed E-state index contributed by atoms with van der Waals surface area (Å²) in [5.41, 5.74) is 10.0. The summed E-state index contributed by atoms with van der Waals surface area (Å²) in [6.07, 6.45) is 0. The van der Waals surface area contributed by atoms with E-state index in [1.165, 1.54) is 16.7 Å². The molecule has 2 nitrogen and oxygen atoms in total. The molecule has 0 radical (unpaired) electrons. The summed E-state index contributed by atoms with van der Waals surface area (Å²) in [4.78, 5) is 2.43. The smallest absolute Gasteiger partial charge is 0.0474 e. The Morgan fingerprint density at radius 1 is 1.14 bits per heavy atom. The van der Waals surface area contributed by atoms with Crippen LogP contribution in [0.4, 0.5) is 0 Å². The molecule has 21 heavy (non-hydrogen) atoms. The van der Waals surface area contributed by atoms with Gasteiger partial charge in [-0.2, -0.15) is 0 Å². The highest BCUT2D eigenvalue weighted by molar-refractivity contribution is 9.10. The van der Waals surface area contributed by atoms with E-state index in [-0.39, 0.29) is 6.04 Å². The molecule has 2 N–H and O–H groups in total. The van der Waals surface area contributed by atoms with Crippen LogP contribution in [0, 0.1) is 6.92 Å². The van der Waals surface area contributed by atoms with Gasteiger partial charge < -0.3 is 5.73 Å². The highest BCUT2D eigenvalue weighted by atomic mass is 79.9. The molecule has 0 amide bonds. The molecule has 3 heteroatoms.